The molecule has 0 bridgehead atoms. The summed E-state index contributed by atoms with van der Waals surface area (Å²) in [6.45, 7) is 9.13. The van der Waals surface area contributed by atoms with Crippen LogP contribution < -0.4 is 10.2 Å². The van der Waals surface area contributed by atoms with Gasteiger partial charge < -0.3 is 18.8 Å². The Morgan fingerprint density at radius 1 is 0.926 bits per heavy atom. The van der Waals surface area contributed by atoms with E-state index in [2.05, 4.69) is 0 Å². The molecule has 27 heavy (non-hydrogen) atoms. The highest BCUT2D eigenvalue weighted by atomic mass is 19.1. The summed E-state index contributed by atoms with van der Waals surface area (Å²) in [6, 6.07) is 14.4. The van der Waals surface area contributed by atoms with Crippen molar-refractivity contribution in [2.24, 2.45) is 0 Å². The van der Waals surface area contributed by atoms with Crippen LogP contribution in [0, 0.1) is 5.82 Å². The standard InChI is InChI=1S/C21H26BFO4/c1-20(2)21(3,4)27-22(26-20)17-12-18(23)14-19(13-17)25-11-10-24-15-16-8-6-5-7-9-16/h5-9,12-14H,10-11,15H2,1-4H3. The monoisotopic (exact) mass is 372 g/mol. The molecule has 4 nitrogen and oxygen atoms in total. The van der Waals surface area contributed by atoms with Crippen LogP contribution in [0.4, 0.5) is 4.39 Å². The van der Waals surface area contributed by atoms with Gasteiger partial charge in [0, 0.05) is 6.07 Å². The van der Waals surface area contributed by atoms with E-state index in [0.29, 0.717) is 31.0 Å². The minimum absolute atomic E-state index is 0.332. The van der Waals surface area contributed by atoms with Gasteiger partial charge in [0.05, 0.1) is 24.4 Å². The molecule has 1 fully saturated rings. The number of rotatable bonds is 7. The van der Waals surface area contributed by atoms with Gasteiger partial charge in [-0.05, 0) is 50.9 Å². The predicted octanol–water partition coefficient (Wildman–Crippen LogP) is 3.72. The third-order valence-electron chi connectivity index (χ3n) is 5.03. The maximum atomic E-state index is 14.0. The molecule has 6 heteroatoms. The summed E-state index contributed by atoms with van der Waals surface area (Å²) >= 11 is 0. The van der Waals surface area contributed by atoms with Gasteiger partial charge in [0.25, 0.3) is 0 Å². The Morgan fingerprint density at radius 2 is 1.59 bits per heavy atom. The molecule has 1 heterocycles. The van der Waals surface area contributed by atoms with Crippen LogP contribution in [-0.2, 0) is 20.7 Å². The van der Waals surface area contributed by atoms with E-state index in [4.69, 9.17) is 18.8 Å². The smallest absolute Gasteiger partial charge is 0.491 e. The molecule has 0 radical (unpaired) electrons. The number of hydrogen-bond donors (Lipinski definition) is 0. The number of benzene rings is 2. The molecule has 0 saturated carbocycles. The number of halogens is 1. The molecule has 1 aliphatic rings. The Balaban J connectivity index is 1.55. The van der Waals surface area contributed by atoms with Gasteiger partial charge >= 0.3 is 7.12 Å². The van der Waals surface area contributed by atoms with Crippen LogP contribution >= 0.6 is 0 Å². The van der Waals surface area contributed by atoms with Crippen molar-refractivity contribution in [1.29, 1.82) is 0 Å². The van der Waals surface area contributed by atoms with Crippen molar-refractivity contribution in [2.45, 2.75) is 45.5 Å². The second-order valence-electron chi connectivity index (χ2n) is 7.70. The summed E-state index contributed by atoms with van der Waals surface area (Å²) in [5.41, 5.74) is 0.757. The molecule has 0 spiro atoms. The summed E-state index contributed by atoms with van der Waals surface area (Å²) in [6.07, 6.45) is 0. The zero-order chi connectivity index (χ0) is 19.5. The third kappa shape index (κ3) is 4.89. The molecule has 2 aromatic rings. The molecule has 2 aromatic carbocycles. The lowest BCUT2D eigenvalue weighted by Crippen LogP contribution is -2.41. The van der Waals surface area contributed by atoms with E-state index in [1.54, 1.807) is 6.07 Å². The maximum absolute atomic E-state index is 14.0. The topological polar surface area (TPSA) is 36.9 Å². The molecule has 0 N–H and O–H groups in total. The highest BCUT2D eigenvalue weighted by molar-refractivity contribution is 6.62. The van der Waals surface area contributed by atoms with Crippen LogP contribution in [-0.4, -0.2) is 31.5 Å². The lowest BCUT2D eigenvalue weighted by molar-refractivity contribution is 0.00578. The zero-order valence-electron chi connectivity index (χ0n) is 16.3. The van der Waals surface area contributed by atoms with Crippen LogP contribution in [0.1, 0.15) is 33.3 Å². The quantitative estimate of drug-likeness (QED) is 0.548. The summed E-state index contributed by atoms with van der Waals surface area (Å²) in [4.78, 5) is 0. The highest BCUT2D eigenvalue weighted by Crippen LogP contribution is 2.36. The van der Waals surface area contributed by atoms with Gasteiger partial charge in [-0.3, -0.25) is 0 Å². The fourth-order valence-corrected chi connectivity index (χ4v) is 2.77. The second-order valence-corrected chi connectivity index (χ2v) is 7.70. The lowest BCUT2D eigenvalue weighted by atomic mass is 9.79. The third-order valence-corrected chi connectivity index (χ3v) is 5.03. The average Bonchev–Trinajstić information content (AvgIpc) is 2.83. The van der Waals surface area contributed by atoms with Crippen LogP contribution in [0.2, 0.25) is 0 Å². The van der Waals surface area contributed by atoms with E-state index in [1.807, 2.05) is 58.0 Å². The molecule has 0 amide bonds. The van der Waals surface area contributed by atoms with Gasteiger partial charge in [-0.1, -0.05) is 30.3 Å². The van der Waals surface area contributed by atoms with Gasteiger partial charge in [-0.25, -0.2) is 4.39 Å². The van der Waals surface area contributed by atoms with Crippen LogP contribution in [0.25, 0.3) is 0 Å². The summed E-state index contributed by atoms with van der Waals surface area (Å²) in [5.74, 6) is 0.0467. The van der Waals surface area contributed by atoms with Crippen molar-refractivity contribution in [1.82, 2.24) is 0 Å². The minimum atomic E-state index is -0.623. The van der Waals surface area contributed by atoms with Gasteiger partial charge in [-0.15, -0.1) is 0 Å². The first kappa shape index (κ1) is 19.9. The van der Waals surface area contributed by atoms with Crippen molar-refractivity contribution in [3.05, 3.63) is 59.9 Å². The first-order valence-corrected chi connectivity index (χ1v) is 9.17. The lowest BCUT2D eigenvalue weighted by Gasteiger charge is -2.32. The van der Waals surface area contributed by atoms with E-state index < -0.39 is 18.3 Å². The van der Waals surface area contributed by atoms with Crippen molar-refractivity contribution >= 4 is 12.6 Å². The number of hydrogen-bond acceptors (Lipinski definition) is 4. The summed E-state index contributed by atoms with van der Waals surface area (Å²) < 4.78 is 37.2. The Hall–Kier alpha value is -1.89. The fraction of sp³-hybridized carbons (Fsp3) is 0.429. The molecular formula is C21H26BFO4. The van der Waals surface area contributed by atoms with Crippen molar-refractivity contribution in [2.75, 3.05) is 13.2 Å². The number of ether oxygens (including phenoxy) is 2. The molecule has 3 rings (SSSR count). The van der Waals surface area contributed by atoms with E-state index in [0.717, 1.165) is 5.56 Å². The van der Waals surface area contributed by atoms with E-state index in [-0.39, 0.29) is 5.82 Å². The van der Waals surface area contributed by atoms with E-state index in [1.165, 1.54) is 12.1 Å². The summed E-state index contributed by atoms with van der Waals surface area (Å²) in [5, 5.41) is 0. The Labute approximate surface area is 160 Å². The highest BCUT2D eigenvalue weighted by Gasteiger charge is 2.51. The summed E-state index contributed by atoms with van der Waals surface area (Å²) in [7, 11) is -0.623. The van der Waals surface area contributed by atoms with Gasteiger partial charge in [0.2, 0.25) is 0 Å². The molecule has 0 atom stereocenters. The maximum Gasteiger partial charge on any atom is 0.495 e. The molecule has 1 saturated heterocycles. The van der Waals surface area contributed by atoms with Gasteiger partial charge in [-0.2, -0.15) is 0 Å². The van der Waals surface area contributed by atoms with Crippen molar-refractivity contribution < 1.29 is 23.2 Å². The molecule has 1 aliphatic heterocycles. The predicted molar refractivity (Wildman–Crippen MR) is 104 cm³/mol. The largest absolute Gasteiger partial charge is 0.495 e. The SMILES string of the molecule is CC1(C)OB(c2cc(F)cc(OCCOCc3ccccc3)c2)OC1(C)C. The van der Waals surface area contributed by atoms with Crippen LogP contribution in [0.3, 0.4) is 0 Å². The zero-order valence-corrected chi connectivity index (χ0v) is 16.3. The Morgan fingerprint density at radius 3 is 2.26 bits per heavy atom. The second kappa shape index (κ2) is 8.01. The Bertz CT molecular complexity index is 748. The molecule has 0 aromatic heterocycles. The van der Waals surface area contributed by atoms with Crippen LogP contribution in [0.15, 0.2) is 48.5 Å². The molecule has 0 aliphatic carbocycles. The normalized spacial score (nSPS) is 17.9. The Kier molecular flexibility index (Phi) is 5.89. The molecular weight excluding hydrogens is 346 g/mol. The van der Waals surface area contributed by atoms with Crippen molar-refractivity contribution in [3.63, 3.8) is 0 Å². The fourth-order valence-electron chi connectivity index (χ4n) is 2.77. The first-order chi connectivity index (χ1) is 12.8. The average molecular weight is 372 g/mol. The van der Waals surface area contributed by atoms with Gasteiger partial charge in [0.1, 0.15) is 18.2 Å². The van der Waals surface area contributed by atoms with Gasteiger partial charge in [0.15, 0.2) is 0 Å². The van der Waals surface area contributed by atoms with Crippen LogP contribution in [0.5, 0.6) is 5.75 Å². The molecule has 0 unspecified atom stereocenters. The minimum Gasteiger partial charge on any atom is -0.491 e. The van der Waals surface area contributed by atoms with E-state index >= 15 is 0 Å². The van der Waals surface area contributed by atoms with Crippen molar-refractivity contribution in [3.8, 4) is 5.75 Å². The van der Waals surface area contributed by atoms with E-state index in [9.17, 15) is 4.39 Å². The first-order valence-electron chi connectivity index (χ1n) is 9.17. The molecule has 144 valence electrons.